The zero-order valence-corrected chi connectivity index (χ0v) is 13.0. The van der Waals surface area contributed by atoms with Gasteiger partial charge in [-0.3, -0.25) is 4.79 Å². The smallest absolute Gasteiger partial charge is 0.238 e. The van der Waals surface area contributed by atoms with Crippen molar-refractivity contribution in [2.45, 2.75) is 35.4 Å². The second-order valence-electron chi connectivity index (χ2n) is 4.92. The van der Waals surface area contributed by atoms with E-state index in [1.165, 1.54) is 35.2 Å². The number of aromatic nitrogens is 2. The highest BCUT2D eigenvalue weighted by atomic mass is 32.2. The summed E-state index contributed by atoms with van der Waals surface area (Å²) in [4.78, 5) is 12.4. The molecule has 0 aliphatic heterocycles. The SMILES string of the molecule is Cc1nnc(S[C@@H](C(=O)NC2CC2)c2ccc(F)cc2)s1. The number of carbonyl (C=O) groups is 1. The van der Waals surface area contributed by atoms with E-state index in [0.717, 1.165) is 27.8 Å². The third-order valence-corrected chi connectivity index (χ3v) is 5.24. The van der Waals surface area contributed by atoms with Crippen molar-refractivity contribution in [3.8, 4) is 0 Å². The van der Waals surface area contributed by atoms with Gasteiger partial charge in [-0.25, -0.2) is 4.39 Å². The molecule has 0 radical (unpaired) electrons. The second kappa shape index (κ2) is 6.11. The molecule has 1 atom stereocenters. The highest BCUT2D eigenvalue weighted by Gasteiger charge is 2.29. The molecule has 3 rings (SSSR count). The second-order valence-corrected chi connectivity index (χ2v) is 7.45. The molecule has 4 nitrogen and oxygen atoms in total. The molecular formula is C14H14FN3OS2. The molecule has 0 saturated heterocycles. The molecule has 7 heteroatoms. The predicted octanol–water partition coefficient (Wildman–Crippen LogP) is 3.10. The first-order chi connectivity index (χ1) is 10.1. The van der Waals surface area contributed by atoms with Crippen LogP contribution in [0.5, 0.6) is 0 Å². The van der Waals surface area contributed by atoms with Gasteiger partial charge in [0, 0.05) is 6.04 Å². The van der Waals surface area contributed by atoms with Crippen molar-refractivity contribution in [1.82, 2.24) is 15.5 Å². The summed E-state index contributed by atoms with van der Waals surface area (Å²) in [6.45, 7) is 1.87. The minimum absolute atomic E-state index is 0.0537. The maximum atomic E-state index is 13.1. The first-order valence-corrected chi connectivity index (χ1v) is 8.34. The van der Waals surface area contributed by atoms with E-state index in [0.29, 0.717) is 0 Å². The number of rotatable bonds is 5. The van der Waals surface area contributed by atoms with Crippen LogP contribution in [0, 0.1) is 12.7 Å². The summed E-state index contributed by atoms with van der Waals surface area (Å²) in [5, 5.41) is 11.4. The molecule has 1 amide bonds. The fraction of sp³-hybridized carbons (Fsp3) is 0.357. The standard InChI is InChI=1S/C14H14FN3OS2/c1-8-17-18-14(20-8)21-12(13(19)16-11-6-7-11)9-2-4-10(15)5-3-9/h2-5,11-12H,6-7H2,1H3,(H,16,19)/t12-/m1/s1. The number of nitrogens with one attached hydrogen (secondary N) is 1. The molecule has 0 spiro atoms. The van der Waals surface area contributed by atoms with Gasteiger partial charge in [0.1, 0.15) is 16.1 Å². The minimum atomic E-state index is -0.432. The Labute approximate surface area is 130 Å². The van der Waals surface area contributed by atoms with Gasteiger partial charge < -0.3 is 5.32 Å². The summed E-state index contributed by atoms with van der Waals surface area (Å²) >= 11 is 2.81. The number of thioether (sulfide) groups is 1. The molecule has 1 aliphatic rings. The van der Waals surface area contributed by atoms with E-state index in [-0.39, 0.29) is 17.8 Å². The van der Waals surface area contributed by atoms with Crippen LogP contribution in [0.3, 0.4) is 0 Å². The van der Waals surface area contributed by atoms with Gasteiger partial charge in [-0.05, 0) is 37.5 Å². The van der Waals surface area contributed by atoms with Gasteiger partial charge in [0.25, 0.3) is 0 Å². The van der Waals surface area contributed by atoms with Crippen LogP contribution in [0.2, 0.25) is 0 Å². The molecular weight excluding hydrogens is 309 g/mol. The lowest BCUT2D eigenvalue weighted by atomic mass is 10.1. The Bertz CT molecular complexity index is 640. The molecule has 2 aromatic rings. The van der Waals surface area contributed by atoms with Crippen molar-refractivity contribution in [1.29, 1.82) is 0 Å². The topological polar surface area (TPSA) is 54.9 Å². The van der Waals surface area contributed by atoms with Gasteiger partial charge in [-0.2, -0.15) is 0 Å². The number of amides is 1. The van der Waals surface area contributed by atoms with E-state index >= 15 is 0 Å². The quantitative estimate of drug-likeness (QED) is 0.859. The van der Waals surface area contributed by atoms with Crippen molar-refractivity contribution in [3.63, 3.8) is 0 Å². The summed E-state index contributed by atoms with van der Waals surface area (Å²) in [7, 11) is 0. The Kier molecular flexibility index (Phi) is 4.21. The third kappa shape index (κ3) is 3.79. The summed E-state index contributed by atoms with van der Waals surface area (Å²) in [6.07, 6.45) is 2.06. The highest BCUT2D eigenvalue weighted by molar-refractivity contribution is 8.01. The number of nitrogens with zero attached hydrogens (tertiary/aromatic N) is 2. The fourth-order valence-electron chi connectivity index (χ4n) is 1.84. The molecule has 21 heavy (non-hydrogen) atoms. The van der Waals surface area contributed by atoms with Crippen molar-refractivity contribution in [2.24, 2.45) is 0 Å². The van der Waals surface area contributed by atoms with E-state index in [9.17, 15) is 9.18 Å². The number of hydrogen-bond acceptors (Lipinski definition) is 5. The van der Waals surface area contributed by atoms with Gasteiger partial charge in [0.05, 0.1) is 0 Å². The van der Waals surface area contributed by atoms with Crippen molar-refractivity contribution in [2.75, 3.05) is 0 Å². The zero-order chi connectivity index (χ0) is 14.8. The van der Waals surface area contributed by atoms with Crippen LogP contribution in [0.25, 0.3) is 0 Å². The Morgan fingerprint density at radius 3 is 2.67 bits per heavy atom. The van der Waals surface area contributed by atoms with E-state index < -0.39 is 5.25 Å². The van der Waals surface area contributed by atoms with Crippen LogP contribution < -0.4 is 5.32 Å². The molecule has 1 aromatic carbocycles. The highest BCUT2D eigenvalue weighted by Crippen LogP contribution is 2.37. The van der Waals surface area contributed by atoms with E-state index in [1.807, 2.05) is 6.92 Å². The molecule has 1 aromatic heterocycles. The molecule has 1 aliphatic carbocycles. The van der Waals surface area contributed by atoms with Crippen molar-refractivity contribution < 1.29 is 9.18 Å². The first-order valence-electron chi connectivity index (χ1n) is 6.64. The van der Waals surface area contributed by atoms with Gasteiger partial charge in [0.2, 0.25) is 5.91 Å². The van der Waals surface area contributed by atoms with E-state index in [1.54, 1.807) is 12.1 Å². The van der Waals surface area contributed by atoms with Crippen molar-refractivity contribution in [3.05, 3.63) is 40.7 Å². The largest absolute Gasteiger partial charge is 0.352 e. The predicted molar refractivity (Wildman–Crippen MR) is 80.8 cm³/mol. The lowest BCUT2D eigenvalue weighted by Gasteiger charge is -2.15. The molecule has 1 fully saturated rings. The molecule has 1 heterocycles. The van der Waals surface area contributed by atoms with E-state index in [2.05, 4.69) is 15.5 Å². The van der Waals surface area contributed by atoms with Crippen LogP contribution in [0.15, 0.2) is 28.6 Å². The average molecular weight is 323 g/mol. The number of benzene rings is 1. The van der Waals surface area contributed by atoms with Crippen LogP contribution in [-0.4, -0.2) is 22.1 Å². The van der Waals surface area contributed by atoms with Crippen LogP contribution in [0.4, 0.5) is 4.39 Å². The van der Waals surface area contributed by atoms with Gasteiger partial charge >= 0.3 is 0 Å². The lowest BCUT2D eigenvalue weighted by molar-refractivity contribution is -0.120. The van der Waals surface area contributed by atoms with Crippen LogP contribution >= 0.6 is 23.1 Å². The van der Waals surface area contributed by atoms with Crippen LogP contribution in [-0.2, 0) is 4.79 Å². The summed E-state index contributed by atoms with van der Waals surface area (Å²) in [6, 6.07) is 6.33. The van der Waals surface area contributed by atoms with Gasteiger partial charge in [-0.15, -0.1) is 10.2 Å². The maximum absolute atomic E-state index is 13.1. The Morgan fingerprint density at radius 1 is 1.38 bits per heavy atom. The monoisotopic (exact) mass is 323 g/mol. The zero-order valence-electron chi connectivity index (χ0n) is 11.4. The molecule has 1 N–H and O–H groups in total. The average Bonchev–Trinajstić information content (AvgIpc) is 3.18. The summed E-state index contributed by atoms with van der Waals surface area (Å²) in [5.74, 6) is -0.362. The number of hydrogen-bond donors (Lipinski definition) is 1. The number of aryl methyl sites for hydroxylation is 1. The Balaban J connectivity index is 1.82. The Morgan fingerprint density at radius 2 is 2.10 bits per heavy atom. The van der Waals surface area contributed by atoms with Gasteiger partial charge in [-0.1, -0.05) is 35.2 Å². The molecule has 110 valence electrons. The fourth-order valence-corrected chi connectivity index (χ4v) is 3.86. The van der Waals surface area contributed by atoms with Crippen molar-refractivity contribution >= 4 is 29.0 Å². The lowest BCUT2D eigenvalue weighted by Crippen LogP contribution is -2.29. The van der Waals surface area contributed by atoms with E-state index in [4.69, 9.17) is 0 Å². The molecule has 1 saturated carbocycles. The number of carbonyl (C=O) groups excluding carboxylic acids is 1. The normalized spacial score (nSPS) is 15.7. The molecule has 0 bridgehead atoms. The third-order valence-electron chi connectivity index (χ3n) is 3.06. The number of halogens is 1. The summed E-state index contributed by atoms with van der Waals surface area (Å²) in [5.41, 5.74) is 0.771. The minimum Gasteiger partial charge on any atom is -0.352 e. The summed E-state index contributed by atoms with van der Waals surface area (Å²) < 4.78 is 13.8. The first kappa shape index (κ1) is 14.5. The van der Waals surface area contributed by atoms with Crippen LogP contribution in [0.1, 0.15) is 28.7 Å². The molecule has 0 unspecified atom stereocenters. The van der Waals surface area contributed by atoms with Gasteiger partial charge in [0.15, 0.2) is 4.34 Å². The maximum Gasteiger partial charge on any atom is 0.238 e. The Hall–Kier alpha value is -1.47.